The lowest BCUT2D eigenvalue weighted by Crippen LogP contribution is -2.40. The van der Waals surface area contributed by atoms with E-state index in [1.807, 2.05) is 37.8 Å². The second-order valence-electron chi connectivity index (χ2n) is 6.34. The smallest absolute Gasteiger partial charge is 0.318 e. The standard InChI is InChI=1S/C18H23N3O3/c1-10(2)19-18(22)21-8-14-11(3)20-17-13(15(14)9-21)6-12(23-4)7-16(17)24-5/h6-7,10H,8-9H2,1-5H3,(H,19,22). The van der Waals surface area contributed by atoms with Crippen molar-refractivity contribution < 1.29 is 14.3 Å². The first-order valence-electron chi connectivity index (χ1n) is 8.04. The van der Waals surface area contributed by atoms with Crippen molar-refractivity contribution in [3.63, 3.8) is 0 Å². The molecule has 0 bridgehead atoms. The fourth-order valence-electron chi connectivity index (χ4n) is 3.13. The van der Waals surface area contributed by atoms with Crippen LogP contribution in [0.3, 0.4) is 0 Å². The molecule has 1 N–H and O–H groups in total. The fourth-order valence-corrected chi connectivity index (χ4v) is 3.13. The SMILES string of the molecule is COc1cc(OC)c2nc(C)c3c(c2c1)CN(C(=O)NC(C)C)C3. The van der Waals surface area contributed by atoms with E-state index in [0.717, 1.165) is 33.5 Å². The molecule has 2 amide bonds. The Labute approximate surface area is 141 Å². The van der Waals surface area contributed by atoms with Crippen LogP contribution in [-0.4, -0.2) is 36.2 Å². The third-order valence-corrected chi connectivity index (χ3v) is 4.31. The Morgan fingerprint density at radius 2 is 1.92 bits per heavy atom. The number of methoxy groups -OCH3 is 2. The molecule has 6 heteroatoms. The zero-order valence-electron chi connectivity index (χ0n) is 14.8. The molecule has 2 heterocycles. The predicted octanol–water partition coefficient (Wildman–Crippen LogP) is 2.99. The van der Waals surface area contributed by atoms with Crippen molar-refractivity contribution in [3.8, 4) is 11.5 Å². The highest BCUT2D eigenvalue weighted by Crippen LogP contribution is 2.37. The number of rotatable bonds is 3. The number of benzene rings is 1. The van der Waals surface area contributed by atoms with Crippen LogP contribution in [0, 0.1) is 6.92 Å². The summed E-state index contributed by atoms with van der Waals surface area (Å²) in [5.41, 5.74) is 3.96. The largest absolute Gasteiger partial charge is 0.497 e. The zero-order chi connectivity index (χ0) is 17.4. The van der Waals surface area contributed by atoms with Gasteiger partial charge in [0, 0.05) is 36.3 Å². The number of aromatic nitrogens is 1. The van der Waals surface area contributed by atoms with E-state index < -0.39 is 0 Å². The maximum absolute atomic E-state index is 12.4. The normalized spacial score (nSPS) is 13.3. The van der Waals surface area contributed by atoms with E-state index in [4.69, 9.17) is 14.5 Å². The zero-order valence-corrected chi connectivity index (χ0v) is 14.8. The minimum absolute atomic E-state index is 0.0522. The van der Waals surface area contributed by atoms with Crippen molar-refractivity contribution in [2.75, 3.05) is 14.2 Å². The summed E-state index contributed by atoms with van der Waals surface area (Å²) >= 11 is 0. The number of hydrogen-bond acceptors (Lipinski definition) is 4. The lowest BCUT2D eigenvalue weighted by molar-refractivity contribution is 0.196. The van der Waals surface area contributed by atoms with Crippen LogP contribution in [0.25, 0.3) is 10.9 Å². The molecule has 3 rings (SSSR count). The summed E-state index contributed by atoms with van der Waals surface area (Å²) in [7, 11) is 3.26. The van der Waals surface area contributed by atoms with Gasteiger partial charge in [-0.1, -0.05) is 0 Å². The summed E-state index contributed by atoms with van der Waals surface area (Å²) < 4.78 is 10.9. The third kappa shape index (κ3) is 2.72. The first-order chi connectivity index (χ1) is 11.4. The Kier molecular flexibility index (Phi) is 4.22. The minimum atomic E-state index is -0.0522. The molecule has 0 aliphatic carbocycles. The number of nitrogens with zero attached hydrogens (tertiary/aromatic N) is 2. The van der Waals surface area contributed by atoms with Crippen LogP contribution in [-0.2, 0) is 13.1 Å². The van der Waals surface area contributed by atoms with Gasteiger partial charge < -0.3 is 19.7 Å². The van der Waals surface area contributed by atoms with Gasteiger partial charge in [-0.15, -0.1) is 0 Å². The highest BCUT2D eigenvalue weighted by Gasteiger charge is 2.28. The number of pyridine rings is 1. The molecular weight excluding hydrogens is 306 g/mol. The average Bonchev–Trinajstić information content (AvgIpc) is 3.00. The molecule has 2 aromatic rings. The number of amides is 2. The van der Waals surface area contributed by atoms with Crippen LogP contribution in [0.5, 0.6) is 11.5 Å². The van der Waals surface area contributed by atoms with E-state index in [0.29, 0.717) is 18.8 Å². The van der Waals surface area contributed by atoms with Crippen molar-refractivity contribution in [1.29, 1.82) is 0 Å². The van der Waals surface area contributed by atoms with Gasteiger partial charge in [-0.3, -0.25) is 0 Å². The van der Waals surface area contributed by atoms with E-state index in [2.05, 4.69) is 5.32 Å². The first kappa shape index (κ1) is 16.4. The maximum atomic E-state index is 12.4. The molecule has 0 unspecified atom stereocenters. The quantitative estimate of drug-likeness (QED) is 0.940. The highest BCUT2D eigenvalue weighted by atomic mass is 16.5. The number of aryl methyl sites for hydroxylation is 1. The van der Waals surface area contributed by atoms with Crippen LogP contribution >= 0.6 is 0 Å². The van der Waals surface area contributed by atoms with E-state index in [1.165, 1.54) is 0 Å². The van der Waals surface area contributed by atoms with Crippen molar-refractivity contribution >= 4 is 16.9 Å². The number of ether oxygens (including phenoxy) is 2. The molecule has 0 saturated heterocycles. The average molecular weight is 329 g/mol. The number of carbonyl (C=O) groups excluding carboxylic acids is 1. The molecule has 6 nitrogen and oxygen atoms in total. The van der Waals surface area contributed by atoms with E-state index in [9.17, 15) is 4.79 Å². The highest BCUT2D eigenvalue weighted by molar-refractivity contribution is 5.91. The molecule has 0 saturated carbocycles. The van der Waals surface area contributed by atoms with E-state index in [1.54, 1.807) is 14.2 Å². The van der Waals surface area contributed by atoms with Gasteiger partial charge in [-0.05, 0) is 38.0 Å². The molecule has 1 aliphatic heterocycles. The van der Waals surface area contributed by atoms with Crippen LogP contribution < -0.4 is 14.8 Å². The van der Waals surface area contributed by atoms with Crippen molar-refractivity contribution in [2.24, 2.45) is 0 Å². The number of carbonyl (C=O) groups is 1. The van der Waals surface area contributed by atoms with Crippen molar-refractivity contribution in [2.45, 2.75) is 39.9 Å². The number of nitrogens with one attached hydrogen (secondary N) is 1. The molecule has 1 aliphatic rings. The first-order valence-corrected chi connectivity index (χ1v) is 8.04. The molecule has 24 heavy (non-hydrogen) atoms. The number of urea groups is 1. The van der Waals surface area contributed by atoms with Gasteiger partial charge in [-0.25, -0.2) is 9.78 Å². The van der Waals surface area contributed by atoms with Crippen LogP contribution in [0.4, 0.5) is 4.79 Å². The Balaban J connectivity index is 2.09. The predicted molar refractivity (Wildman–Crippen MR) is 92.5 cm³/mol. The summed E-state index contributed by atoms with van der Waals surface area (Å²) in [6.45, 7) is 7.02. The molecule has 0 atom stereocenters. The third-order valence-electron chi connectivity index (χ3n) is 4.31. The van der Waals surface area contributed by atoms with Crippen molar-refractivity contribution in [3.05, 3.63) is 29.0 Å². The monoisotopic (exact) mass is 329 g/mol. The van der Waals surface area contributed by atoms with Crippen LogP contribution in [0.1, 0.15) is 30.7 Å². The van der Waals surface area contributed by atoms with Gasteiger partial charge >= 0.3 is 6.03 Å². The molecule has 0 radical (unpaired) electrons. The molecule has 0 spiro atoms. The summed E-state index contributed by atoms with van der Waals surface area (Å²) in [5.74, 6) is 1.40. The second kappa shape index (κ2) is 6.19. The maximum Gasteiger partial charge on any atom is 0.318 e. The van der Waals surface area contributed by atoms with Gasteiger partial charge in [0.1, 0.15) is 17.0 Å². The molecule has 1 aromatic carbocycles. The summed E-state index contributed by atoms with van der Waals surface area (Å²) in [6, 6.07) is 3.85. The van der Waals surface area contributed by atoms with Gasteiger partial charge in [0.25, 0.3) is 0 Å². The van der Waals surface area contributed by atoms with E-state index >= 15 is 0 Å². The summed E-state index contributed by atoms with van der Waals surface area (Å²) in [5, 5.41) is 3.93. The Morgan fingerprint density at radius 3 is 2.54 bits per heavy atom. The Bertz CT molecular complexity index is 802. The van der Waals surface area contributed by atoms with Crippen LogP contribution in [0.2, 0.25) is 0 Å². The van der Waals surface area contributed by atoms with Gasteiger partial charge in [-0.2, -0.15) is 0 Å². The molecule has 1 aromatic heterocycles. The Hall–Kier alpha value is -2.50. The Morgan fingerprint density at radius 1 is 1.21 bits per heavy atom. The molecule has 0 fully saturated rings. The van der Waals surface area contributed by atoms with Crippen molar-refractivity contribution in [1.82, 2.24) is 15.2 Å². The summed E-state index contributed by atoms with van der Waals surface area (Å²) in [6.07, 6.45) is 0. The van der Waals surface area contributed by atoms with Gasteiger partial charge in [0.15, 0.2) is 0 Å². The topological polar surface area (TPSA) is 63.7 Å². The van der Waals surface area contributed by atoms with Crippen LogP contribution in [0.15, 0.2) is 12.1 Å². The van der Waals surface area contributed by atoms with Gasteiger partial charge in [0.2, 0.25) is 0 Å². The number of hydrogen-bond donors (Lipinski definition) is 1. The lowest BCUT2D eigenvalue weighted by atomic mass is 10.0. The second-order valence-corrected chi connectivity index (χ2v) is 6.34. The molecule has 128 valence electrons. The number of fused-ring (bicyclic) bond motifs is 3. The van der Waals surface area contributed by atoms with Gasteiger partial charge in [0.05, 0.1) is 14.2 Å². The minimum Gasteiger partial charge on any atom is -0.497 e. The molecular formula is C18H23N3O3. The fraction of sp³-hybridized carbons (Fsp3) is 0.444. The lowest BCUT2D eigenvalue weighted by Gasteiger charge is -2.18. The van der Waals surface area contributed by atoms with E-state index in [-0.39, 0.29) is 12.1 Å². The summed E-state index contributed by atoms with van der Waals surface area (Å²) in [4.78, 5) is 18.9.